The molecule has 0 amide bonds. The molecule has 2 aromatic rings. The van der Waals surface area contributed by atoms with Crippen molar-refractivity contribution in [1.29, 1.82) is 0 Å². The highest BCUT2D eigenvalue weighted by Crippen LogP contribution is 2.30. The smallest absolute Gasteiger partial charge is 0.478 e. The number of carboxylic acids is 1. The second-order valence-electron chi connectivity index (χ2n) is 5.83. The summed E-state index contributed by atoms with van der Waals surface area (Å²) in [6.07, 6.45) is -0.216. The average molecular weight is 338 g/mol. The highest BCUT2D eigenvalue weighted by Gasteiger charge is 2.19. The molecule has 0 atom stereocenters. The molecule has 0 aliphatic heterocycles. The lowest BCUT2D eigenvalue weighted by molar-refractivity contribution is 0.00297. The molecular formula is C15H18N2O5S. The highest BCUT2D eigenvalue weighted by atomic mass is 32.1. The summed E-state index contributed by atoms with van der Waals surface area (Å²) in [7, 11) is 0. The topological polar surface area (TPSA) is 97.8 Å². The fraction of sp³-hybridized carbons (Fsp3) is 0.400. The van der Waals surface area contributed by atoms with Gasteiger partial charge >= 0.3 is 12.1 Å². The Bertz CT molecular complexity index is 748. The van der Waals surface area contributed by atoms with Crippen LogP contribution < -0.4 is 5.48 Å². The number of aryl methyl sites for hydroxylation is 1. The minimum Gasteiger partial charge on any atom is -0.478 e. The summed E-state index contributed by atoms with van der Waals surface area (Å²) < 4.78 is 5.71. The van der Waals surface area contributed by atoms with E-state index in [0.717, 1.165) is 5.56 Å². The highest BCUT2D eigenvalue weighted by molar-refractivity contribution is 7.22. The fourth-order valence-electron chi connectivity index (χ4n) is 1.89. The molecule has 23 heavy (non-hydrogen) atoms. The van der Waals surface area contributed by atoms with Gasteiger partial charge in [0.15, 0.2) is 0 Å². The first-order valence-corrected chi connectivity index (χ1v) is 7.84. The van der Waals surface area contributed by atoms with Crippen molar-refractivity contribution in [2.45, 2.75) is 39.7 Å². The van der Waals surface area contributed by atoms with E-state index in [2.05, 4.69) is 10.5 Å². The van der Waals surface area contributed by atoms with Crippen molar-refractivity contribution in [3.63, 3.8) is 0 Å². The standard InChI is InChI=1S/C15H18N2O5S/c1-5-8-6-9(12(18)19)7-10-11(8)16-13(23-10)17-22-14(20)21-15(2,3)4/h6-7H,5H2,1-4H3,(H,16,17)(H,18,19). The van der Waals surface area contributed by atoms with Crippen LogP contribution in [-0.4, -0.2) is 27.8 Å². The van der Waals surface area contributed by atoms with Crippen LogP contribution in [0.5, 0.6) is 0 Å². The molecule has 7 nitrogen and oxygen atoms in total. The first-order valence-electron chi connectivity index (χ1n) is 7.02. The molecule has 2 N–H and O–H groups in total. The molecule has 0 saturated carbocycles. The minimum absolute atomic E-state index is 0.206. The molecule has 0 bridgehead atoms. The zero-order valence-corrected chi connectivity index (χ0v) is 14.1. The van der Waals surface area contributed by atoms with Crippen LogP contribution in [0.15, 0.2) is 12.1 Å². The number of nitrogens with one attached hydrogen (secondary N) is 1. The Morgan fingerprint density at radius 1 is 1.35 bits per heavy atom. The normalized spacial score (nSPS) is 11.3. The number of thiazole rings is 1. The zero-order chi connectivity index (χ0) is 17.2. The molecular weight excluding hydrogens is 320 g/mol. The number of aromatic carboxylic acids is 1. The monoisotopic (exact) mass is 338 g/mol. The Labute approximate surface area is 137 Å². The maximum atomic E-state index is 11.5. The average Bonchev–Trinajstić information content (AvgIpc) is 2.85. The van der Waals surface area contributed by atoms with E-state index >= 15 is 0 Å². The van der Waals surface area contributed by atoms with Gasteiger partial charge in [0.05, 0.1) is 15.8 Å². The Kier molecular flexibility index (Phi) is 4.74. The predicted octanol–water partition coefficient (Wildman–Crippen LogP) is 3.84. The van der Waals surface area contributed by atoms with Gasteiger partial charge in [0.2, 0.25) is 5.13 Å². The molecule has 8 heteroatoms. The number of carboxylic acid groups (broad SMARTS) is 1. The number of ether oxygens (including phenoxy) is 1. The molecule has 0 fully saturated rings. The van der Waals surface area contributed by atoms with Gasteiger partial charge in [-0.3, -0.25) is 0 Å². The van der Waals surface area contributed by atoms with E-state index in [1.807, 2.05) is 6.92 Å². The van der Waals surface area contributed by atoms with E-state index in [4.69, 9.17) is 14.7 Å². The number of hydrogen-bond donors (Lipinski definition) is 2. The van der Waals surface area contributed by atoms with E-state index in [0.29, 0.717) is 21.8 Å². The maximum Gasteiger partial charge on any atom is 0.533 e. The largest absolute Gasteiger partial charge is 0.533 e. The summed E-state index contributed by atoms with van der Waals surface area (Å²) in [5.74, 6) is -0.991. The Balaban J connectivity index is 2.20. The SMILES string of the molecule is CCc1cc(C(=O)O)cc2sc(NOC(=O)OC(C)(C)C)nc12. The molecule has 0 spiro atoms. The van der Waals surface area contributed by atoms with Crippen molar-refractivity contribution in [1.82, 2.24) is 4.98 Å². The van der Waals surface area contributed by atoms with Crippen LogP contribution in [0, 0.1) is 0 Å². The van der Waals surface area contributed by atoms with Crippen LogP contribution in [0.1, 0.15) is 43.6 Å². The first kappa shape index (κ1) is 17.0. The van der Waals surface area contributed by atoms with Crippen LogP contribution in [0.4, 0.5) is 9.93 Å². The number of carbonyl (C=O) groups is 2. The van der Waals surface area contributed by atoms with Gasteiger partial charge in [0.1, 0.15) is 5.60 Å². The van der Waals surface area contributed by atoms with Crippen molar-refractivity contribution >= 4 is 38.8 Å². The Morgan fingerprint density at radius 3 is 2.61 bits per heavy atom. The van der Waals surface area contributed by atoms with E-state index in [-0.39, 0.29) is 5.56 Å². The number of carbonyl (C=O) groups excluding carboxylic acids is 1. The van der Waals surface area contributed by atoms with Crippen LogP contribution in [0.3, 0.4) is 0 Å². The van der Waals surface area contributed by atoms with E-state index in [1.165, 1.54) is 11.3 Å². The van der Waals surface area contributed by atoms with Crippen molar-refractivity contribution in [2.24, 2.45) is 0 Å². The van der Waals surface area contributed by atoms with Gasteiger partial charge in [-0.1, -0.05) is 18.3 Å². The summed E-state index contributed by atoms with van der Waals surface area (Å²) in [5.41, 5.74) is 3.51. The number of hydrogen-bond acceptors (Lipinski definition) is 7. The molecule has 124 valence electrons. The maximum absolute atomic E-state index is 11.5. The molecule has 0 unspecified atom stereocenters. The van der Waals surface area contributed by atoms with E-state index in [1.54, 1.807) is 32.9 Å². The first-order chi connectivity index (χ1) is 10.7. The molecule has 0 saturated heterocycles. The van der Waals surface area contributed by atoms with Crippen molar-refractivity contribution in [3.05, 3.63) is 23.3 Å². The fourth-order valence-corrected chi connectivity index (χ4v) is 2.78. The minimum atomic E-state index is -0.991. The summed E-state index contributed by atoms with van der Waals surface area (Å²) in [4.78, 5) is 31.8. The van der Waals surface area contributed by atoms with Crippen molar-refractivity contribution < 1.29 is 24.3 Å². The zero-order valence-electron chi connectivity index (χ0n) is 13.3. The molecule has 0 aliphatic rings. The third-order valence-corrected chi connectivity index (χ3v) is 3.71. The van der Waals surface area contributed by atoms with Gasteiger partial charge in [0, 0.05) is 0 Å². The summed E-state index contributed by atoms with van der Waals surface area (Å²) in [6, 6.07) is 3.15. The second kappa shape index (κ2) is 6.41. The molecule has 0 radical (unpaired) electrons. The lowest BCUT2D eigenvalue weighted by Gasteiger charge is -2.18. The molecule has 1 aromatic carbocycles. The lowest BCUT2D eigenvalue weighted by atomic mass is 10.1. The molecule has 2 rings (SSSR count). The number of anilines is 1. The number of rotatable bonds is 4. The van der Waals surface area contributed by atoms with Crippen LogP contribution in [0.2, 0.25) is 0 Å². The summed E-state index contributed by atoms with van der Waals surface area (Å²) in [5, 5.41) is 9.49. The van der Waals surface area contributed by atoms with Gasteiger partial charge in [0.25, 0.3) is 0 Å². The van der Waals surface area contributed by atoms with Gasteiger partial charge in [-0.05, 0) is 44.9 Å². The molecule has 1 aromatic heterocycles. The summed E-state index contributed by atoms with van der Waals surface area (Å²) in [6.45, 7) is 7.11. The van der Waals surface area contributed by atoms with Crippen LogP contribution >= 0.6 is 11.3 Å². The third kappa shape index (κ3) is 4.32. The van der Waals surface area contributed by atoms with Gasteiger partial charge in [-0.25, -0.2) is 14.6 Å². The van der Waals surface area contributed by atoms with Gasteiger partial charge in [-0.2, -0.15) is 5.48 Å². The number of fused-ring (bicyclic) bond motifs is 1. The Hall–Kier alpha value is -2.35. The predicted molar refractivity (Wildman–Crippen MR) is 86.9 cm³/mol. The second-order valence-corrected chi connectivity index (χ2v) is 6.86. The van der Waals surface area contributed by atoms with Crippen LogP contribution in [0.25, 0.3) is 10.2 Å². The van der Waals surface area contributed by atoms with Gasteiger partial charge < -0.3 is 14.7 Å². The van der Waals surface area contributed by atoms with E-state index < -0.39 is 17.7 Å². The number of nitrogens with zero attached hydrogens (tertiary/aromatic N) is 1. The van der Waals surface area contributed by atoms with Crippen molar-refractivity contribution in [2.75, 3.05) is 5.48 Å². The van der Waals surface area contributed by atoms with Crippen molar-refractivity contribution in [3.8, 4) is 0 Å². The summed E-state index contributed by atoms with van der Waals surface area (Å²) >= 11 is 1.20. The Morgan fingerprint density at radius 2 is 2.04 bits per heavy atom. The quantitative estimate of drug-likeness (QED) is 0.645. The van der Waals surface area contributed by atoms with Crippen LogP contribution in [-0.2, 0) is 16.0 Å². The molecule has 0 aliphatic carbocycles. The third-order valence-electron chi connectivity index (χ3n) is 2.81. The lowest BCUT2D eigenvalue weighted by Crippen LogP contribution is -2.25. The van der Waals surface area contributed by atoms with Gasteiger partial charge in [-0.15, -0.1) is 0 Å². The number of benzene rings is 1. The van der Waals surface area contributed by atoms with E-state index in [9.17, 15) is 9.59 Å². The molecule has 1 heterocycles. The number of aromatic nitrogens is 1.